The molecular weight excluding hydrogens is 537 g/mol. The van der Waals surface area contributed by atoms with Crippen molar-refractivity contribution >= 4 is 35.8 Å². The molecule has 0 unspecified atom stereocenters. The van der Waals surface area contributed by atoms with Gasteiger partial charge in [0.1, 0.15) is 17.2 Å². The van der Waals surface area contributed by atoms with Gasteiger partial charge in [-0.25, -0.2) is 4.99 Å². The Hall–Kier alpha value is -2.83. The topological polar surface area (TPSA) is 107 Å². The second-order valence-corrected chi connectivity index (χ2v) is 6.30. The first-order valence-electron chi connectivity index (χ1n) is 9.55. The summed E-state index contributed by atoms with van der Waals surface area (Å²) in [5, 5.41) is 6.19. The van der Waals surface area contributed by atoms with E-state index in [1.54, 1.807) is 30.3 Å². The van der Waals surface area contributed by atoms with E-state index in [0.29, 0.717) is 36.1 Å². The number of aliphatic imine (C=N–C) groups is 1. The van der Waals surface area contributed by atoms with Crippen LogP contribution in [-0.2, 0) is 17.9 Å². The number of nitrogens with one attached hydrogen (secondary N) is 2. The van der Waals surface area contributed by atoms with Crippen LogP contribution in [0.25, 0.3) is 0 Å². The number of ether oxygens (including phenoxy) is 3. The van der Waals surface area contributed by atoms with E-state index in [1.807, 2.05) is 13.0 Å². The maximum absolute atomic E-state index is 12.7. The molecule has 4 N–H and O–H groups in total. The molecular formula is C21H27F2IN4O4. The van der Waals surface area contributed by atoms with E-state index in [1.165, 1.54) is 13.2 Å². The molecule has 2 aromatic rings. The van der Waals surface area contributed by atoms with Crippen molar-refractivity contribution < 1.29 is 27.8 Å². The molecule has 0 aliphatic carbocycles. The Morgan fingerprint density at radius 1 is 1.16 bits per heavy atom. The van der Waals surface area contributed by atoms with E-state index in [-0.39, 0.29) is 42.9 Å². The number of rotatable bonds is 11. The maximum Gasteiger partial charge on any atom is 0.387 e. The zero-order valence-electron chi connectivity index (χ0n) is 17.8. The van der Waals surface area contributed by atoms with Crippen molar-refractivity contribution in [3.05, 3.63) is 53.6 Å². The third-order valence-corrected chi connectivity index (χ3v) is 3.97. The van der Waals surface area contributed by atoms with Gasteiger partial charge in [-0.15, -0.1) is 24.0 Å². The Kier molecular flexibility index (Phi) is 12.1. The first-order valence-corrected chi connectivity index (χ1v) is 9.55. The molecule has 0 saturated heterocycles. The summed E-state index contributed by atoms with van der Waals surface area (Å²) in [6.45, 7) is -0.119. The number of primary amides is 1. The highest BCUT2D eigenvalue weighted by Crippen LogP contribution is 2.25. The third kappa shape index (κ3) is 9.54. The Morgan fingerprint density at radius 3 is 2.59 bits per heavy atom. The van der Waals surface area contributed by atoms with Crippen molar-refractivity contribution in [2.75, 3.05) is 20.3 Å². The minimum absolute atomic E-state index is 0. The minimum Gasteiger partial charge on any atom is -0.497 e. The largest absolute Gasteiger partial charge is 0.497 e. The summed E-state index contributed by atoms with van der Waals surface area (Å²) < 4.78 is 40.4. The number of benzene rings is 2. The number of nitrogens with zero attached hydrogens (tertiary/aromatic N) is 1. The van der Waals surface area contributed by atoms with Crippen molar-refractivity contribution in [1.82, 2.24) is 10.6 Å². The maximum atomic E-state index is 12.7. The number of methoxy groups -OCH3 is 1. The Bertz CT molecular complexity index is 900. The van der Waals surface area contributed by atoms with Crippen molar-refractivity contribution in [3.63, 3.8) is 0 Å². The fraction of sp³-hybridized carbons (Fsp3) is 0.333. The van der Waals surface area contributed by atoms with Gasteiger partial charge in [-0.05, 0) is 42.8 Å². The summed E-state index contributed by atoms with van der Waals surface area (Å²) in [6, 6.07) is 11.7. The Balaban J connectivity index is 0.00000512. The molecule has 0 radical (unpaired) electrons. The summed E-state index contributed by atoms with van der Waals surface area (Å²) in [4.78, 5) is 15.4. The summed E-state index contributed by atoms with van der Waals surface area (Å²) >= 11 is 0. The van der Waals surface area contributed by atoms with Crippen LogP contribution in [0, 0.1) is 0 Å². The number of hydrogen-bond acceptors (Lipinski definition) is 5. The molecule has 0 aliphatic heterocycles. The van der Waals surface area contributed by atoms with Crippen LogP contribution in [0.2, 0.25) is 0 Å². The van der Waals surface area contributed by atoms with Crippen LogP contribution in [0.5, 0.6) is 17.2 Å². The normalized spacial score (nSPS) is 10.8. The quantitative estimate of drug-likeness (QED) is 0.220. The number of nitrogens with two attached hydrogens (primary N) is 1. The molecule has 0 atom stereocenters. The van der Waals surface area contributed by atoms with Crippen molar-refractivity contribution in [3.8, 4) is 17.2 Å². The highest BCUT2D eigenvalue weighted by molar-refractivity contribution is 14.0. The molecule has 0 fully saturated rings. The fourth-order valence-electron chi connectivity index (χ4n) is 2.61. The van der Waals surface area contributed by atoms with E-state index < -0.39 is 12.5 Å². The molecule has 0 aliphatic rings. The number of alkyl halides is 2. The van der Waals surface area contributed by atoms with E-state index in [2.05, 4.69) is 20.4 Å². The smallest absolute Gasteiger partial charge is 0.387 e. The van der Waals surface area contributed by atoms with Crippen LogP contribution in [-0.4, -0.2) is 38.7 Å². The zero-order chi connectivity index (χ0) is 22.6. The number of hydrogen-bond donors (Lipinski definition) is 3. The van der Waals surface area contributed by atoms with E-state index >= 15 is 0 Å². The fourth-order valence-corrected chi connectivity index (χ4v) is 2.61. The van der Waals surface area contributed by atoms with Gasteiger partial charge in [0.25, 0.3) is 5.91 Å². The highest BCUT2D eigenvalue weighted by atomic mass is 127. The van der Waals surface area contributed by atoms with E-state index in [4.69, 9.17) is 15.2 Å². The van der Waals surface area contributed by atoms with Crippen LogP contribution < -0.4 is 30.6 Å². The molecule has 0 spiro atoms. The SMILES string of the molecule is CCNC(=NCc1cccc(OCC(N)=O)c1)NCc1cc(OC)ccc1OC(F)F.I. The molecule has 176 valence electrons. The molecule has 0 aromatic heterocycles. The number of guanidine groups is 1. The van der Waals surface area contributed by atoms with Gasteiger partial charge < -0.3 is 30.6 Å². The first-order chi connectivity index (χ1) is 14.9. The lowest BCUT2D eigenvalue weighted by atomic mass is 10.2. The summed E-state index contributed by atoms with van der Waals surface area (Å²) in [5.74, 6) is 1.01. The van der Waals surface area contributed by atoms with Crippen molar-refractivity contribution in [2.45, 2.75) is 26.6 Å². The van der Waals surface area contributed by atoms with Gasteiger partial charge in [0.15, 0.2) is 12.6 Å². The van der Waals surface area contributed by atoms with Crippen molar-refractivity contribution in [1.29, 1.82) is 0 Å². The van der Waals surface area contributed by atoms with Crippen LogP contribution in [0.4, 0.5) is 8.78 Å². The number of carbonyl (C=O) groups excluding carboxylic acids is 1. The summed E-state index contributed by atoms with van der Waals surface area (Å²) in [7, 11) is 1.49. The van der Waals surface area contributed by atoms with Gasteiger partial charge in [-0.2, -0.15) is 8.78 Å². The minimum atomic E-state index is -2.93. The molecule has 11 heteroatoms. The number of halogens is 3. The van der Waals surface area contributed by atoms with Gasteiger partial charge in [0.2, 0.25) is 0 Å². The van der Waals surface area contributed by atoms with Crippen LogP contribution in [0.15, 0.2) is 47.5 Å². The van der Waals surface area contributed by atoms with Gasteiger partial charge in [0, 0.05) is 18.7 Å². The monoisotopic (exact) mass is 564 g/mol. The molecule has 2 aromatic carbocycles. The average Bonchev–Trinajstić information content (AvgIpc) is 2.75. The number of amides is 1. The Labute approximate surface area is 202 Å². The van der Waals surface area contributed by atoms with Crippen molar-refractivity contribution in [2.24, 2.45) is 10.7 Å². The lowest BCUT2D eigenvalue weighted by molar-refractivity contribution is -0.119. The van der Waals surface area contributed by atoms with Gasteiger partial charge in [-0.1, -0.05) is 12.1 Å². The van der Waals surface area contributed by atoms with Gasteiger partial charge >= 0.3 is 6.61 Å². The van der Waals surface area contributed by atoms with Gasteiger partial charge in [-0.3, -0.25) is 4.79 Å². The summed E-state index contributed by atoms with van der Waals surface area (Å²) in [5.41, 5.74) is 6.43. The predicted molar refractivity (Wildman–Crippen MR) is 128 cm³/mol. The lowest BCUT2D eigenvalue weighted by Gasteiger charge is -2.15. The Morgan fingerprint density at radius 2 is 1.94 bits per heavy atom. The second-order valence-electron chi connectivity index (χ2n) is 6.30. The standard InChI is InChI=1S/C21H26F2N4O4.HI/c1-3-25-21(26-11-14-5-4-6-17(9-14)30-13-19(24)28)27-12-15-10-16(29-2)7-8-18(15)31-20(22)23;/h4-10,20H,3,11-13H2,1-2H3,(H2,24,28)(H2,25,26,27);1H. The van der Waals surface area contributed by atoms with Gasteiger partial charge in [0.05, 0.1) is 13.7 Å². The second kappa shape index (κ2) is 14.3. The zero-order valence-corrected chi connectivity index (χ0v) is 20.1. The average molecular weight is 564 g/mol. The number of carbonyl (C=O) groups is 1. The first kappa shape index (κ1) is 27.2. The van der Waals surface area contributed by atoms with Crippen LogP contribution >= 0.6 is 24.0 Å². The lowest BCUT2D eigenvalue weighted by Crippen LogP contribution is -2.36. The summed E-state index contributed by atoms with van der Waals surface area (Å²) in [6.07, 6.45) is 0. The molecule has 0 heterocycles. The molecule has 1 amide bonds. The third-order valence-electron chi connectivity index (χ3n) is 3.97. The molecule has 2 rings (SSSR count). The van der Waals surface area contributed by atoms with Crippen LogP contribution in [0.3, 0.4) is 0 Å². The molecule has 0 saturated carbocycles. The van der Waals surface area contributed by atoms with Crippen LogP contribution in [0.1, 0.15) is 18.1 Å². The van der Waals surface area contributed by atoms with E-state index in [9.17, 15) is 13.6 Å². The highest BCUT2D eigenvalue weighted by Gasteiger charge is 2.12. The molecule has 8 nitrogen and oxygen atoms in total. The predicted octanol–water partition coefficient (Wildman–Crippen LogP) is 3.03. The van der Waals surface area contributed by atoms with E-state index in [0.717, 1.165) is 5.56 Å². The molecule has 0 bridgehead atoms. The molecule has 32 heavy (non-hydrogen) atoms.